The minimum Gasteiger partial charge on any atom is -0.550 e. The molecular formula is C33H30AlF3O9. The Hall–Kier alpha value is -4.60. The van der Waals surface area contributed by atoms with Crippen LogP contribution in [0.1, 0.15) is 51.1 Å². The number of carbonyl (C=O) groups is 6. The van der Waals surface area contributed by atoms with Crippen molar-refractivity contribution in [2.45, 2.75) is 38.5 Å². The molecule has 0 aliphatic heterocycles. The van der Waals surface area contributed by atoms with Crippen molar-refractivity contribution in [1.82, 2.24) is 0 Å². The number of aryl methyl sites for hydroxylation is 3. The number of rotatable bonds is 15. The first kappa shape index (κ1) is 35.9. The predicted molar refractivity (Wildman–Crippen MR) is 159 cm³/mol. The van der Waals surface area contributed by atoms with Gasteiger partial charge in [0.05, 0.1) is 0 Å². The van der Waals surface area contributed by atoms with Crippen molar-refractivity contribution >= 4 is 50.4 Å². The molecule has 0 amide bonds. The standard InChI is InChI=1S/3C11H11FO3.Al/c3*1-7-4-2-3-5-8(7)10(11(14)15)9(13)6-12;/h3*2-5,10H,6H2,1H3,(H,14,15);/q;;;+3/p-3. The number of hydrogen-bond acceptors (Lipinski definition) is 9. The van der Waals surface area contributed by atoms with Crippen LogP contribution in [-0.4, -0.2) is 70.4 Å². The van der Waals surface area contributed by atoms with Gasteiger partial charge in [-0.25, -0.2) is 13.2 Å². The Morgan fingerprint density at radius 2 is 0.739 bits per heavy atom. The summed E-state index contributed by atoms with van der Waals surface area (Å²) in [4.78, 5) is 78.1. The summed E-state index contributed by atoms with van der Waals surface area (Å²) >= 11 is -4.52. The van der Waals surface area contributed by atoms with Gasteiger partial charge in [0.1, 0.15) is 37.8 Å². The van der Waals surface area contributed by atoms with Crippen LogP contribution < -0.4 is 0 Å². The maximum absolute atomic E-state index is 13.6. The van der Waals surface area contributed by atoms with Crippen molar-refractivity contribution in [2.24, 2.45) is 0 Å². The lowest BCUT2D eigenvalue weighted by atomic mass is 9.92. The number of halogens is 3. The van der Waals surface area contributed by atoms with E-state index in [0.717, 1.165) is 0 Å². The first-order valence-corrected chi connectivity index (χ1v) is 15.4. The Morgan fingerprint density at radius 3 is 0.957 bits per heavy atom. The highest BCUT2D eigenvalue weighted by molar-refractivity contribution is 6.45. The molecule has 3 atom stereocenters. The van der Waals surface area contributed by atoms with Crippen LogP contribution in [0.4, 0.5) is 13.2 Å². The molecule has 0 radical (unpaired) electrons. The second-order valence-corrected chi connectivity index (χ2v) is 11.6. The van der Waals surface area contributed by atoms with Crippen LogP contribution in [0.15, 0.2) is 72.8 Å². The van der Waals surface area contributed by atoms with Crippen LogP contribution in [0.3, 0.4) is 0 Å². The van der Waals surface area contributed by atoms with Crippen molar-refractivity contribution in [1.29, 1.82) is 0 Å². The molecule has 0 N–H and O–H groups in total. The van der Waals surface area contributed by atoms with Gasteiger partial charge in [-0.1, -0.05) is 72.8 Å². The van der Waals surface area contributed by atoms with Gasteiger partial charge in [-0.2, -0.15) is 0 Å². The maximum Gasteiger partial charge on any atom is 1.20 e. The van der Waals surface area contributed by atoms with E-state index in [-0.39, 0.29) is 16.7 Å². The molecule has 0 aromatic heterocycles. The fraction of sp³-hybridized carbons (Fsp3) is 0.273. The van der Waals surface area contributed by atoms with Crippen LogP contribution >= 0.6 is 0 Å². The first-order valence-electron chi connectivity index (χ1n) is 14.0. The topological polar surface area (TPSA) is 130 Å². The van der Waals surface area contributed by atoms with Crippen molar-refractivity contribution in [2.75, 3.05) is 20.0 Å². The van der Waals surface area contributed by atoms with E-state index in [9.17, 15) is 41.9 Å². The summed E-state index contributed by atoms with van der Waals surface area (Å²) in [6.45, 7) is -0.121. The molecule has 3 unspecified atom stereocenters. The normalized spacial score (nSPS) is 12.7. The zero-order valence-electron chi connectivity index (χ0n) is 25.2. The second-order valence-electron chi connectivity index (χ2n) is 10.3. The van der Waals surface area contributed by atoms with Crippen LogP contribution in [-0.2, 0) is 40.1 Å². The molecule has 0 saturated carbocycles. The Balaban J connectivity index is 2.06. The molecule has 0 fully saturated rings. The van der Waals surface area contributed by atoms with Gasteiger partial charge < -0.3 is 11.4 Å². The molecule has 0 aliphatic rings. The van der Waals surface area contributed by atoms with E-state index in [2.05, 4.69) is 0 Å². The number of Topliss-reactive ketones (excluding diaryl/α,β-unsaturated/α-hetero) is 3. The van der Waals surface area contributed by atoms with Crippen LogP contribution in [0.5, 0.6) is 0 Å². The number of hydrogen-bond donors (Lipinski definition) is 0. The molecule has 3 aromatic rings. The number of ketones is 3. The highest BCUT2D eigenvalue weighted by Gasteiger charge is 2.54. The van der Waals surface area contributed by atoms with E-state index in [1.807, 2.05) is 0 Å². The maximum atomic E-state index is 13.6. The first-order chi connectivity index (χ1) is 21.9. The third-order valence-corrected chi connectivity index (χ3v) is 8.48. The molecule has 240 valence electrons. The smallest absolute Gasteiger partial charge is 0.550 e. The lowest BCUT2D eigenvalue weighted by Crippen LogP contribution is -2.42. The lowest BCUT2D eigenvalue weighted by Gasteiger charge is -2.23. The Bertz CT molecular complexity index is 1440. The molecule has 9 nitrogen and oxygen atoms in total. The van der Waals surface area contributed by atoms with E-state index in [4.69, 9.17) is 11.4 Å². The van der Waals surface area contributed by atoms with E-state index < -0.39 is 88.2 Å². The minimum atomic E-state index is -4.52. The monoisotopic (exact) mass is 654 g/mol. The minimum absolute atomic E-state index is 0.0522. The largest absolute Gasteiger partial charge is 1.20 e. The van der Waals surface area contributed by atoms with Gasteiger partial charge >= 0.3 is 15.1 Å². The van der Waals surface area contributed by atoms with Gasteiger partial charge in [-0.15, -0.1) is 0 Å². The molecule has 0 aliphatic carbocycles. The summed E-state index contributed by atoms with van der Waals surface area (Å²) in [6, 6.07) is 18.0. The Kier molecular flexibility index (Phi) is 13.0. The zero-order chi connectivity index (χ0) is 34.0. The zero-order valence-corrected chi connectivity index (χ0v) is 26.3. The molecule has 0 saturated heterocycles. The Morgan fingerprint density at radius 1 is 0.500 bits per heavy atom. The number of carbonyl (C=O) groups excluding carboxylic acids is 6. The second kappa shape index (κ2) is 16.6. The van der Waals surface area contributed by atoms with Crippen LogP contribution in [0.2, 0.25) is 0 Å². The van der Waals surface area contributed by atoms with Crippen molar-refractivity contribution in [3.63, 3.8) is 0 Å². The molecule has 0 spiro atoms. The average molecular weight is 655 g/mol. The lowest BCUT2D eigenvalue weighted by molar-refractivity contribution is -0.151. The van der Waals surface area contributed by atoms with Crippen molar-refractivity contribution in [3.05, 3.63) is 106 Å². The van der Waals surface area contributed by atoms with E-state index in [0.29, 0.717) is 16.7 Å². The summed E-state index contributed by atoms with van der Waals surface area (Å²) in [5, 5.41) is 0. The van der Waals surface area contributed by atoms with E-state index in [1.54, 1.807) is 57.2 Å². The molecule has 0 bridgehead atoms. The number of benzene rings is 3. The highest BCUT2D eigenvalue weighted by atomic mass is 27.3. The summed E-state index contributed by atoms with van der Waals surface area (Å²) in [5.41, 5.74) is 1.36. The van der Waals surface area contributed by atoms with Gasteiger partial charge in [-0.05, 0) is 54.2 Å². The molecule has 3 rings (SSSR count). The fourth-order valence-corrected chi connectivity index (χ4v) is 5.94. The summed E-state index contributed by atoms with van der Waals surface area (Å²) in [5.74, 6) is -13.7. The summed E-state index contributed by atoms with van der Waals surface area (Å²) in [6.07, 6.45) is 0. The molecule has 0 heterocycles. The summed E-state index contributed by atoms with van der Waals surface area (Å²) < 4.78 is 56.7. The Labute approximate surface area is 268 Å². The molecule has 46 heavy (non-hydrogen) atoms. The van der Waals surface area contributed by atoms with Crippen LogP contribution in [0, 0.1) is 20.8 Å². The molecule has 3 aromatic carbocycles. The summed E-state index contributed by atoms with van der Waals surface area (Å²) in [7, 11) is 0. The van der Waals surface area contributed by atoms with Gasteiger partial charge in [-0.3, -0.25) is 28.8 Å². The van der Waals surface area contributed by atoms with Gasteiger partial charge in [0, 0.05) is 0 Å². The average Bonchev–Trinajstić information content (AvgIpc) is 3.03. The molecular weight excluding hydrogens is 624 g/mol. The van der Waals surface area contributed by atoms with Crippen molar-refractivity contribution in [3.8, 4) is 0 Å². The van der Waals surface area contributed by atoms with Gasteiger partial charge in [0.15, 0.2) is 17.3 Å². The van der Waals surface area contributed by atoms with E-state index >= 15 is 0 Å². The van der Waals surface area contributed by atoms with Gasteiger partial charge in [0.2, 0.25) is 0 Å². The van der Waals surface area contributed by atoms with Gasteiger partial charge in [0.25, 0.3) is 17.9 Å². The third-order valence-electron chi connectivity index (χ3n) is 7.20. The predicted octanol–water partition coefficient (Wildman–Crippen LogP) is 4.49. The quantitative estimate of drug-likeness (QED) is 0.172. The van der Waals surface area contributed by atoms with Crippen molar-refractivity contribution < 1.29 is 53.3 Å². The third kappa shape index (κ3) is 8.56. The SMILES string of the molecule is Cc1ccccc1C(C(=O)CF)C(=O)[O][Al]([O]C(=O)C(C(=O)CF)c1ccccc1C)[O]C(=O)C(C(=O)CF)c1ccccc1C. The number of alkyl halides is 3. The fourth-order valence-electron chi connectivity index (χ4n) is 4.82. The van der Waals surface area contributed by atoms with Crippen LogP contribution in [0.25, 0.3) is 0 Å². The van der Waals surface area contributed by atoms with E-state index in [1.165, 1.54) is 36.4 Å². The highest BCUT2D eigenvalue weighted by Crippen LogP contribution is 2.28. The molecule has 13 heteroatoms.